The van der Waals surface area contributed by atoms with Crippen LogP contribution in [0.2, 0.25) is 0 Å². The van der Waals surface area contributed by atoms with Gasteiger partial charge in [0.05, 0.1) is 11.1 Å². The standard InChI is InChI=1S/C15H21N3O2/c1-10-3-4-12-11(5-7-17)9-18(8-2-6-16)14(12)13(10)15(19)20/h3-4,9H,2,5-8,16-17H2,1H3,(H,19,20). The summed E-state index contributed by atoms with van der Waals surface area (Å²) in [5, 5.41) is 10.5. The van der Waals surface area contributed by atoms with E-state index >= 15 is 0 Å². The number of benzene rings is 1. The fourth-order valence-corrected chi connectivity index (χ4v) is 2.63. The highest BCUT2D eigenvalue weighted by molar-refractivity contribution is 6.04. The van der Waals surface area contributed by atoms with Gasteiger partial charge in [0.25, 0.3) is 0 Å². The maximum absolute atomic E-state index is 11.6. The van der Waals surface area contributed by atoms with Crippen LogP contribution in [0.4, 0.5) is 0 Å². The summed E-state index contributed by atoms with van der Waals surface area (Å²) in [5.74, 6) is -0.889. The van der Waals surface area contributed by atoms with Gasteiger partial charge in [0.15, 0.2) is 0 Å². The maximum Gasteiger partial charge on any atom is 0.338 e. The molecule has 5 N–H and O–H groups in total. The smallest absolute Gasteiger partial charge is 0.338 e. The number of fused-ring (bicyclic) bond motifs is 1. The predicted molar refractivity (Wildman–Crippen MR) is 80.1 cm³/mol. The molecule has 2 aromatic rings. The van der Waals surface area contributed by atoms with Gasteiger partial charge in [-0.2, -0.15) is 0 Å². The Morgan fingerprint density at radius 3 is 2.65 bits per heavy atom. The van der Waals surface area contributed by atoms with Crippen molar-refractivity contribution in [3.8, 4) is 0 Å². The summed E-state index contributed by atoms with van der Waals surface area (Å²) < 4.78 is 2.00. The van der Waals surface area contributed by atoms with Crippen molar-refractivity contribution in [1.82, 2.24) is 4.57 Å². The van der Waals surface area contributed by atoms with Crippen molar-refractivity contribution in [2.45, 2.75) is 26.3 Å². The largest absolute Gasteiger partial charge is 0.478 e. The van der Waals surface area contributed by atoms with Crippen molar-refractivity contribution >= 4 is 16.9 Å². The summed E-state index contributed by atoms with van der Waals surface area (Å²) in [7, 11) is 0. The summed E-state index contributed by atoms with van der Waals surface area (Å²) in [4.78, 5) is 11.6. The van der Waals surface area contributed by atoms with Crippen molar-refractivity contribution < 1.29 is 9.90 Å². The molecular weight excluding hydrogens is 254 g/mol. The van der Waals surface area contributed by atoms with E-state index in [0.717, 1.165) is 41.4 Å². The lowest BCUT2D eigenvalue weighted by Gasteiger charge is -2.09. The van der Waals surface area contributed by atoms with Crippen LogP contribution in [0.15, 0.2) is 18.3 Å². The van der Waals surface area contributed by atoms with Crippen LogP contribution >= 0.6 is 0 Å². The van der Waals surface area contributed by atoms with Crippen LogP contribution in [0.1, 0.15) is 27.9 Å². The number of rotatable bonds is 6. The molecule has 0 fully saturated rings. The van der Waals surface area contributed by atoms with Gasteiger partial charge in [0.2, 0.25) is 0 Å². The normalized spacial score (nSPS) is 11.2. The zero-order valence-electron chi connectivity index (χ0n) is 11.7. The molecule has 1 aromatic heterocycles. The minimum Gasteiger partial charge on any atom is -0.478 e. The zero-order chi connectivity index (χ0) is 14.7. The first-order chi connectivity index (χ1) is 9.60. The van der Waals surface area contributed by atoms with Gasteiger partial charge in [-0.3, -0.25) is 0 Å². The van der Waals surface area contributed by atoms with Crippen LogP contribution < -0.4 is 11.5 Å². The second-order valence-corrected chi connectivity index (χ2v) is 4.99. The molecule has 0 aliphatic carbocycles. The van der Waals surface area contributed by atoms with Crippen LogP contribution in [-0.2, 0) is 13.0 Å². The van der Waals surface area contributed by atoms with E-state index in [1.807, 2.05) is 29.8 Å². The molecule has 108 valence electrons. The van der Waals surface area contributed by atoms with E-state index < -0.39 is 5.97 Å². The molecule has 1 heterocycles. The molecule has 0 saturated carbocycles. The third-order valence-corrected chi connectivity index (χ3v) is 3.56. The Morgan fingerprint density at radius 1 is 1.30 bits per heavy atom. The Hall–Kier alpha value is -1.85. The fourth-order valence-electron chi connectivity index (χ4n) is 2.63. The van der Waals surface area contributed by atoms with Crippen molar-refractivity contribution in [2.75, 3.05) is 13.1 Å². The number of aromatic nitrogens is 1. The lowest BCUT2D eigenvalue weighted by atomic mass is 10.0. The molecule has 0 aliphatic heterocycles. The Balaban J connectivity index is 2.69. The number of hydrogen-bond donors (Lipinski definition) is 3. The Labute approximate surface area is 118 Å². The molecule has 0 bridgehead atoms. The predicted octanol–water partition coefficient (Wildman–Crippen LogP) is 1.50. The Bertz CT molecular complexity index is 632. The van der Waals surface area contributed by atoms with E-state index in [9.17, 15) is 9.90 Å². The van der Waals surface area contributed by atoms with Gasteiger partial charge in [0.1, 0.15) is 0 Å². The van der Waals surface area contributed by atoms with Crippen molar-refractivity contribution in [2.24, 2.45) is 11.5 Å². The van der Waals surface area contributed by atoms with E-state index in [2.05, 4.69) is 0 Å². The minimum absolute atomic E-state index is 0.378. The topological polar surface area (TPSA) is 94.3 Å². The summed E-state index contributed by atoms with van der Waals surface area (Å²) in [5.41, 5.74) is 14.2. The number of aryl methyl sites for hydroxylation is 2. The highest BCUT2D eigenvalue weighted by Gasteiger charge is 2.18. The second kappa shape index (κ2) is 6.07. The number of carboxylic acid groups (broad SMARTS) is 1. The molecule has 0 atom stereocenters. The van der Waals surface area contributed by atoms with Crippen molar-refractivity contribution in [3.63, 3.8) is 0 Å². The van der Waals surface area contributed by atoms with Crippen LogP contribution in [0.3, 0.4) is 0 Å². The third kappa shape index (κ3) is 2.55. The summed E-state index contributed by atoms with van der Waals surface area (Å²) in [6, 6.07) is 3.85. The van der Waals surface area contributed by atoms with E-state index in [1.54, 1.807) is 0 Å². The summed E-state index contributed by atoms with van der Waals surface area (Å²) in [6.07, 6.45) is 3.58. The summed E-state index contributed by atoms with van der Waals surface area (Å²) >= 11 is 0. The lowest BCUT2D eigenvalue weighted by Crippen LogP contribution is -2.08. The molecular formula is C15H21N3O2. The molecule has 0 unspecified atom stereocenters. The first kappa shape index (κ1) is 14.6. The monoisotopic (exact) mass is 275 g/mol. The van der Waals surface area contributed by atoms with Gasteiger partial charge in [-0.05, 0) is 44.0 Å². The van der Waals surface area contributed by atoms with Gasteiger partial charge in [-0.1, -0.05) is 12.1 Å². The quantitative estimate of drug-likeness (QED) is 0.744. The summed E-state index contributed by atoms with van der Waals surface area (Å²) in [6.45, 7) is 3.68. The fraction of sp³-hybridized carbons (Fsp3) is 0.400. The van der Waals surface area contributed by atoms with Crippen LogP contribution in [0.25, 0.3) is 10.9 Å². The van der Waals surface area contributed by atoms with Crippen LogP contribution in [0.5, 0.6) is 0 Å². The minimum atomic E-state index is -0.889. The number of aromatic carboxylic acids is 1. The number of nitrogens with two attached hydrogens (primary N) is 2. The molecule has 5 nitrogen and oxygen atoms in total. The maximum atomic E-state index is 11.6. The molecule has 0 aliphatic rings. The first-order valence-electron chi connectivity index (χ1n) is 6.85. The number of hydrogen-bond acceptors (Lipinski definition) is 3. The van der Waals surface area contributed by atoms with E-state index in [0.29, 0.717) is 18.7 Å². The van der Waals surface area contributed by atoms with E-state index in [1.165, 1.54) is 0 Å². The molecule has 0 saturated heterocycles. The Kier molecular flexibility index (Phi) is 4.42. The highest BCUT2D eigenvalue weighted by atomic mass is 16.4. The number of nitrogens with zero attached hydrogens (tertiary/aromatic N) is 1. The molecule has 5 heteroatoms. The average molecular weight is 275 g/mol. The third-order valence-electron chi connectivity index (χ3n) is 3.56. The highest BCUT2D eigenvalue weighted by Crippen LogP contribution is 2.28. The van der Waals surface area contributed by atoms with E-state index in [4.69, 9.17) is 11.5 Å². The molecule has 0 spiro atoms. The van der Waals surface area contributed by atoms with Crippen LogP contribution in [0, 0.1) is 6.92 Å². The molecule has 0 radical (unpaired) electrons. The van der Waals surface area contributed by atoms with Gasteiger partial charge in [-0.25, -0.2) is 4.79 Å². The number of carboxylic acids is 1. The van der Waals surface area contributed by atoms with Gasteiger partial charge in [-0.15, -0.1) is 0 Å². The average Bonchev–Trinajstić information content (AvgIpc) is 2.74. The van der Waals surface area contributed by atoms with Crippen molar-refractivity contribution in [1.29, 1.82) is 0 Å². The van der Waals surface area contributed by atoms with Crippen LogP contribution in [-0.4, -0.2) is 28.7 Å². The SMILES string of the molecule is Cc1ccc2c(CCN)cn(CCCN)c2c1C(=O)O. The Morgan fingerprint density at radius 2 is 2.05 bits per heavy atom. The van der Waals surface area contributed by atoms with E-state index in [-0.39, 0.29) is 0 Å². The second-order valence-electron chi connectivity index (χ2n) is 4.99. The zero-order valence-corrected chi connectivity index (χ0v) is 11.7. The van der Waals surface area contributed by atoms with Gasteiger partial charge >= 0.3 is 5.97 Å². The van der Waals surface area contributed by atoms with Gasteiger partial charge < -0.3 is 21.1 Å². The van der Waals surface area contributed by atoms with Gasteiger partial charge in [0, 0.05) is 18.1 Å². The number of carbonyl (C=O) groups is 1. The molecule has 1 aromatic carbocycles. The van der Waals surface area contributed by atoms with Crippen molar-refractivity contribution in [3.05, 3.63) is 35.0 Å². The molecule has 2 rings (SSSR count). The molecule has 0 amide bonds. The molecule has 20 heavy (non-hydrogen) atoms. The lowest BCUT2D eigenvalue weighted by molar-refractivity contribution is 0.0698. The first-order valence-corrected chi connectivity index (χ1v) is 6.85.